The van der Waals surface area contributed by atoms with Gasteiger partial charge >= 0.3 is 23.9 Å². The summed E-state index contributed by atoms with van der Waals surface area (Å²) in [6, 6.07) is 0. The highest BCUT2D eigenvalue weighted by Crippen LogP contribution is 2.16. The van der Waals surface area contributed by atoms with E-state index in [1.54, 1.807) is 48.6 Å². The van der Waals surface area contributed by atoms with E-state index in [0.29, 0.717) is 38.5 Å². The van der Waals surface area contributed by atoms with Crippen molar-refractivity contribution in [1.82, 2.24) is 0 Å². The number of ether oxygens (including phenoxy) is 2. The molecule has 14 nitrogen and oxygen atoms in total. The van der Waals surface area contributed by atoms with E-state index in [4.69, 9.17) is 19.7 Å². The maximum Gasteiger partial charge on any atom is 0.306 e. The van der Waals surface area contributed by atoms with Crippen LogP contribution in [0.4, 0.5) is 0 Å². The van der Waals surface area contributed by atoms with E-state index >= 15 is 0 Å². The highest BCUT2D eigenvalue weighted by molar-refractivity contribution is 5.72. The average Bonchev–Trinajstić information content (AvgIpc) is 1.83. The average molecular weight is 1440 g/mol. The summed E-state index contributed by atoms with van der Waals surface area (Å²) in [6.07, 6.45) is 107. The molecule has 2 saturated heterocycles. The molecule has 0 amide bonds. The first-order valence-corrected chi connectivity index (χ1v) is 37.3. The number of carbonyl (C=O) groups excluding carboxylic acids is 2. The first kappa shape index (κ1) is 99.6. The highest BCUT2D eigenvalue weighted by atomic mass is 16.6. The summed E-state index contributed by atoms with van der Waals surface area (Å²) in [7, 11) is 0. The van der Waals surface area contributed by atoms with Crippen molar-refractivity contribution < 1.29 is 69.5 Å². The molecule has 2 heterocycles. The third-order valence-corrected chi connectivity index (χ3v) is 13.7. The Hall–Kier alpha value is -8.60. The SMILES string of the molecule is CC.CC/C=C\C[C@H](O)/C=C/C=C\C/C=C\C/C=C\C=C\[C@@H](O)CCC(=O)O.CC/C=C\C[C@H](O)/C=C/C=C\C/C=C\C/C=C\C=C\[C@@H]1CCC(=O)O1.CC/C=C\C[C@H](O)/C=C/C=C\C/C=C\C/C=C\C=C\[C@H](O)CCC(=O)O.CC/C=C\C[C@H](O)/C=C/C=C\C/C=C\C/C=C\C=C\[C@H]1CCC(=O)O1. The molecule has 0 bridgehead atoms. The summed E-state index contributed by atoms with van der Waals surface area (Å²) in [4.78, 5) is 42.6. The summed E-state index contributed by atoms with van der Waals surface area (Å²) < 4.78 is 10.2. The second-order valence-electron chi connectivity index (χ2n) is 23.1. The van der Waals surface area contributed by atoms with Crippen molar-refractivity contribution in [3.05, 3.63) is 292 Å². The Bertz CT molecular complexity index is 2700. The van der Waals surface area contributed by atoms with Crippen LogP contribution in [0.3, 0.4) is 0 Å². The van der Waals surface area contributed by atoms with E-state index in [2.05, 4.69) is 101 Å². The van der Waals surface area contributed by atoms with Crippen LogP contribution in [-0.4, -0.2) is 114 Å². The molecule has 2 fully saturated rings. The minimum absolute atomic E-state index is 0.0322. The molecule has 104 heavy (non-hydrogen) atoms. The first-order chi connectivity index (χ1) is 50.6. The zero-order valence-electron chi connectivity index (χ0n) is 63.3. The normalized spacial score (nSPS) is 17.6. The number of cyclic esters (lactones) is 2. The van der Waals surface area contributed by atoms with E-state index in [1.807, 2.05) is 184 Å². The molecule has 8 N–H and O–H groups in total. The van der Waals surface area contributed by atoms with Gasteiger partial charge in [-0.05, 0) is 141 Å². The van der Waals surface area contributed by atoms with Gasteiger partial charge in [0.15, 0.2) is 0 Å². The number of esters is 2. The van der Waals surface area contributed by atoms with E-state index in [9.17, 15) is 49.8 Å². The molecule has 0 aromatic heterocycles. The van der Waals surface area contributed by atoms with Gasteiger partial charge < -0.3 is 50.3 Å². The van der Waals surface area contributed by atoms with Gasteiger partial charge in [-0.25, -0.2) is 0 Å². The minimum Gasteiger partial charge on any atom is -0.481 e. The predicted octanol–water partition coefficient (Wildman–Crippen LogP) is 19.9. The van der Waals surface area contributed by atoms with Crippen molar-refractivity contribution in [2.24, 2.45) is 0 Å². The molecule has 2 rings (SSSR count). The smallest absolute Gasteiger partial charge is 0.306 e. The van der Waals surface area contributed by atoms with Gasteiger partial charge in [0.25, 0.3) is 0 Å². The largest absolute Gasteiger partial charge is 0.481 e. The van der Waals surface area contributed by atoms with Gasteiger partial charge in [0, 0.05) is 25.7 Å². The Labute approximate surface area is 626 Å². The molecule has 8 atom stereocenters. The Morgan fingerprint density at radius 3 is 0.721 bits per heavy atom. The van der Waals surface area contributed by atoms with Crippen LogP contribution in [-0.2, 0) is 28.7 Å². The van der Waals surface area contributed by atoms with Crippen LogP contribution >= 0.6 is 0 Å². The number of carboxylic acid groups (broad SMARTS) is 2. The van der Waals surface area contributed by atoms with Crippen molar-refractivity contribution in [2.45, 2.75) is 244 Å². The third kappa shape index (κ3) is 80.7. The van der Waals surface area contributed by atoms with E-state index in [0.717, 1.165) is 89.9 Å². The van der Waals surface area contributed by atoms with Gasteiger partial charge in [0.05, 0.1) is 36.6 Å². The molecular formula is C90H130O14. The number of rotatable bonds is 50. The molecule has 14 heteroatoms. The lowest BCUT2D eigenvalue weighted by molar-refractivity contribution is -0.140. The van der Waals surface area contributed by atoms with Crippen molar-refractivity contribution in [2.75, 3.05) is 0 Å². The van der Waals surface area contributed by atoms with Crippen LogP contribution < -0.4 is 0 Å². The lowest BCUT2D eigenvalue weighted by Crippen LogP contribution is -2.05. The molecule has 574 valence electrons. The topological polar surface area (TPSA) is 249 Å². The lowest BCUT2D eigenvalue weighted by Gasteiger charge is -2.00. The fourth-order valence-electron chi connectivity index (χ4n) is 8.21. The van der Waals surface area contributed by atoms with Gasteiger partial charge in [-0.3, -0.25) is 19.2 Å². The van der Waals surface area contributed by atoms with Crippen LogP contribution in [0.5, 0.6) is 0 Å². The van der Waals surface area contributed by atoms with Crippen LogP contribution in [0.25, 0.3) is 0 Å². The molecule has 0 aromatic carbocycles. The van der Waals surface area contributed by atoms with Crippen molar-refractivity contribution >= 4 is 23.9 Å². The Balaban J connectivity index is -0.00000130. The lowest BCUT2D eigenvalue weighted by atomic mass is 10.2. The number of aliphatic hydroxyl groups is 6. The quantitative estimate of drug-likeness (QED) is 0.0160. The zero-order valence-corrected chi connectivity index (χ0v) is 63.3. The summed E-state index contributed by atoms with van der Waals surface area (Å²) >= 11 is 0. The molecule has 2 aliphatic rings. The first-order valence-electron chi connectivity index (χ1n) is 37.3. The van der Waals surface area contributed by atoms with Crippen LogP contribution in [0.1, 0.15) is 196 Å². The standard InChI is InChI=1S/2C22H32O4.2C22H30O3.C2H6/c2*1-2-3-12-15-20(23)16-13-10-8-6-4-5-7-9-11-14-17-21(24)18-19-22(25)26;2*1-2-3-12-15-20(23)16-13-10-8-6-4-5-7-9-11-14-17-21-18-19-22(24)25-21;1-2/h2*3-5,8-14,16-17,20-21,23-24H,2,6-7,15,18-19H2,1H3,(H,25,26);2*3-5,8-14,16-17,20-21,23H,2,6-7,15,18-19H2,1H3;1-2H3/b4*5-4-,10-8-,11-9-,12-3-,16-13+,17-14+;/t20-,21+;20-,21-;20-,21+;20-,21-;/m0000./s1. The monoisotopic (exact) mass is 1430 g/mol. The molecule has 0 aromatic rings. The maximum absolute atomic E-state index is 10.9. The zero-order chi connectivity index (χ0) is 77.3. The second-order valence-corrected chi connectivity index (χ2v) is 23.1. The number of carbonyl (C=O) groups is 4. The number of hydrogen-bond donors (Lipinski definition) is 8. The Kier molecular flexibility index (Phi) is 76.7. The summed E-state index contributed by atoms with van der Waals surface area (Å²) in [5, 5.41) is 74.7. The predicted molar refractivity (Wildman–Crippen MR) is 435 cm³/mol. The van der Waals surface area contributed by atoms with Crippen LogP contribution in [0.15, 0.2) is 292 Å². The number of aliphatic carboxylic acids is 2. The molecule has 0 aliphatic carbocycles. The number of carboxylic acids is 2. The maximum atomic E-state index is 10.9. The summed E-state index contributed by atoms with van der Waals surface area (Å²) in [5.74, 6) is -2.01. The molecule has 0 radical (unpaired) electrons. The number of aliphatic hydroxyl groups excluding tert-OH is 6. The Morgan fingerprint density at radius 1 is 0.317 bits per heavy atom. The van der Waals surface area contributed by atoms with Gasteiger partial charge in [0.1, 0.15) is 12.2 Å². The number of hydrogen-bond acceptors (Lipinski definition) is 12. The van der Waals surface area contributed by atoms with Gasteiger partial charge in [-0.1, -0.05) is 321 Å². The molecule has 0 unspecified atom stereocenters. The fraction of sp³-hybridized carbons (Fsp3) is 0.422. The highest BCUT2D eigenvalue weighted by Gasteiger charge is 2.21. The van der Waals surface area contributed by atoms with Crippen LogP contribution in [0.2, 0.25) is 0 Å². The number of allylic oxidation sites excluding steroid dienone is 36. The van der Waals surface area contributed by atoms with E-state index in [1.165, 1.54) is 0 Å². The summed E-state index contributed by atoms with van der Waals surface area (Å²) in [5.41, 5.74) is 0. The van der Waals surface area contributed by atoms with Crippen molar-refractivity contribution in [3.8, 4) is 0 Å². The summed E-state index contributed by atoms with van der Waals surface area (Å²) in [6.45, 7) is 12.3. The molecule has 0 spiro atoms. The fourth-order valence-corrected chi connectivity index (χ4v) is 8.21. The van der Waals surface area contributed by atoms with Crippen molar-refractivity contribution in [3.63, 3.8) is 0 Å². The Morgan fingerprint density at radius 2 is 0.529 bits per heavy atom. The van der Waals surface area contributed by atoms with E-state index in [-0.39, 0.29) is 49.8 Å². The van der Waals surface area contributed by atoms with Crippen molar-refractivity contribution in [1.29, 1.82) is 0 Å². The van der Waals surface area contributed by atoms with Gasteiger partial charge in [-0.15, -0.1) is 0 Å². The van der Waals surface area contributed by atoms with Crippen LogP contribution in [0, 0.1) is 0 Å². The minimum atomic E-state index is -0.900. The van der Waals surface area contributed by atoms with E-state index < -0.39 is 48.6 Å². The van der Waals surface area contributed by atoms with Gasteiger partial charge in [-0.2, -0.15) is 0 Å². The molecular weight excluding hydrogens is 1300 g/mol. The third-order valence-electron chi connectivity index (χ3n) is 13.7. The molecule has 2 aliphatic heterocycles. The second kappa shape index (κ2) is 80.1. The van der Waals surface area contributed by atoms with Gasteiger partial charge in [0.2, 0.25) is 0 Å². The molecule has 0 saturated carbocycles.